The average molecular weight is 183 g/mol. The third-order valence-corrected chi connectivity index (χ3v) is 2.39. The number of allylic oxidation sites excluding steroid dienone is 1. The molecule has 1 heteroatoms. The first-order valence-corrected chi connectivity index (χ1v) is 5.58. The molecule has 0 aliphatic heterocycles. The number of hydrogen-bond donors (Lipinski definition) is 0. The quantitative estimate of drug-likeness (QED) is 0.546. The molecule has 0 aromatic heterocycles. The molecule has 0 amide bonds. The van der Waals surface area contributed by atoms with Crippen LogP contribution in [0.15, 0.2) is 11.6 Å². The Morgan fingerprint density at radius 1 is 1.08 bits per heavy atom. The molecule has 1 nitrogen and oxygen atoms in total. The Morgan fingerprint density at radius 2 is 1.62 bits per heavy atom. The maximum Gasteiger partial charge on any atom is 0.00185 e. The molecule has 0 aromatic rings. The van der Waals surface area contributed by atoms with Crippen LogP contribution in [0.4, 0.5) is 0 Å². The Kier molecular flexibility index (Phi) is 8.11. The largest absolute Gasteiger partial charge is 0.303 e. The first kappa shape index (κ1) is 12.7. The van der Waals surface area contributed by atoms with Gasteiger partial charge in [-0.3, -0.25) is 0 Å². The van der Waals surface area contributed by atoms with Gasteiger partial charge in [-0.25, -0.2) is 0 Å². The van der Waals surface area contributed by atoms with Crippen molar-refractivity contribution < 1.29 is 0 Å². The molecule has 0 atom stereocenters. The number of rotatable bonds is 7. The van der Waals surface area contributed by atoms with E-state index in [-0.39, 0.29) is 0 Å². The average Bonchev–Trinajstić information content (AvgIpc) is 2.14. The molecule has 0 unspecified atom stereocenters. The van der Waals surface area contributed by atoms with Crippen LogP contribution in [0, 0.1) is 0 Å². The highest BCUT2D eigenvalue weighted by Crippen LogP contribution is 2.03. The Labute approximate surface area is 83.8 Å². The summed E-state index contributed by atoms with van der Waals surface area (Å²) in [7, 11) is 0. The molecule has 0 rings (SSSR count). The normalized spacial score (nSPS) is 12.5. The molecule has 0 aliphatic carbocycles. The van der Waals surface area contributed by atoms with E-state index in [0.29, 0.717) is 0 Å². The van der Waals surface area contributed by atoms with Crippen molar-refractivity contribution in [2.75, 3.05) is 19.6 Å². The van der Waals surface area contributed by atoms with Crippen molar-refractivity contribution in [1.82, 2.24) is 4.90 Å². The molecule has 0 N–H and O–H groups in total. The van der Waals surface area contributed by atoms with Crippen LogP contribution in [0.5, 0.6) is 0 Å². The lowest BCUT2D eigenvalue weighted by Gasteiger charge is -2.20. The Hall–Kier alpha value is -0.300. The van der Waals surface area contributed by atoms with E-state index in [2.05, 4.69) is 38.7 Å². The van der Waals surface area contributed by atoms with Crippen molar-refractivity contribution in [3.63, 3.8) is 0 Å². The highest BCUT2D eigenvalue weighted by molar-refractivity contribution is 4.95. The predicted molar refractivity (Wildman–Crippen MR) is 61.1 cm³/mol. The fourth-order valence-electron chi connectivity index (χ4n) is 1.45. The van der Waals surface area contributed by atoms with Crippen LogP contribution >= 0.6 is 0 Å². The van der Waals surface area contributed by atoms with E-state index in [1.807, 2.05) is 0 Å². The second-order valence-corrected chi connectivity index (χ2v) is 3.73. The van der Waals surface area contributed by atoms with Gasteiger partial charge in [-0.1, -0.05) is 25.5 Å². The van der Waals surface area contributed by atoms with Crippen LogP contribution < -0.4 is 0 Å². The van der Waals surface area contributed by atoms with E-state index in [1.54, 1.807) is 0 Å². The van der Waals surface area contributed by atoms with Gasteiger partial charge in [0.1, 0.15) is 0 Å². The summed E-state index contributed by atoms with van der Waals surface area (Å²) in [6.45, 7) is 12.6. The number of hydrogen-bond acceptors (Lipinski definition) is 1. The van der Waals surface area contributed by atoms with Gasteiger partial charge in [-0.2, -0.15) is 0 Å². The predicted octanol–water partition coefficient (Wildman–Crippen LogP) is 3.46. The van der Waals surface area contributed by atoms with Crippen molar-refractivity contribution in [2.45, 2.75) is 47.0 Å². The standard InChI is InChI=1S/C12H25N/c1-5-9-13(10-6-2)11-8-12(4)7-3/h7H,5-6,8-11H2,1-4H3/b12-7+. The lowest BCUT2D eigenvalue weighted by Crippen LogP contribution is -2.26. The zero-order valence-electron chi connectivity index (χ0n) is 9.77. The fraction of sp³-hybridized carbons (Fsp3) is 0.833. The molecule has 0 fully saturated rings. The lowest BCUT2D eigenvalue weighted by molar-refractivity contribution is 0.278. The van der Waals surface area contributed by atoms with E-state index in [1.165, 1.54) is 44.5 Å². The highest BCUT2D eigenvalue weighted by Gasteiger charge is 2.01. The second kappa shape index (κ2) is 8.31. The van der Waals surface area contributed by atoms with E-state index < -0.39 is 0 Å². The summed E-state index contributed by atoms with van der Waals surface area (Å²) in [6, 6.07) is 0. The van der Waals surface area contributed by atoms with Crippen molar-refractivity contribution in [3.8, 4) is 0 Å². The Morgan fingerprint density at radius 3 is 2.00 bits per heavy atom. The Balaban J connectivity index is 3.67. The molecule has 0 saturated heterocycles. The molecule has 0 radical (unpaired) electrons. The summed E-state index contributed by atoms with van der Waals surface area (Å²) in [5, 5.41) is 0. The van der Waals surface area contributed by atoms with Gasteiger partial charge in [0.05, 0.1) is 0 Å². The minimum Gasteiger partial charge on any atom is -0.303 e. The van der Waals surface area contributed by atoms with Crippen LogP contribution in [-0.4, -0.2) is 24.5 Å². The van der Waals surface area contributed by atoms with Crippen molar-refractivity contribution in [3.05, 3.63) is 11.6 Å². The van der Waals surface area contributed by atoms with Gasteiger partial charge in [0.25, 0.3) is 0 Å². The maximum absolute atomic E-state index is 2.56. The summed E-state index contributed by atoms with van der Waals surface area (Å²) >= 11 is 0. The number of nitrogens with zero attached hydrogens (tertiary/aromatic N) is 1. The zero-order valence-corrected chi connectivity index (χ0v) is 9.77. The molecule has 13 heavy (non-hydrogen) atoms. The monoisotopic (exact) mass is 183 g/mol. The topological polar surface area (TPSA) is 3.24 Å². The van der Waals surface area contributed by atoms with Gasteiger partial charge in [0.2, 0.25) is 0 Å². The van der Waals surface area contributed by atoms with E-state index in [4.69, 9.17) is 0 Å². The van der Waals surface area contributed by atoms with Gasteiger partial charge in [-0.15, -0.1) is 0 Å². The molecule has 0 bridgehead atoms. The first-order chi connectivity index (χ1) is 6.24. The summed E-state index contributed by atoms with van der Waals surface area (Å²) in [5.41, 5.74) is 1.51. The minimum absolute atomic E-state index is 1.23. The minimum atomic E-state index is 1.23. The summed E-state index contributed by atoms with van der Waals surface area (Å²) < 4.78 is 0. The lowest BCUT2D eigenvalue weighted by atomic mass is 10.2. The summed E-state index contributed by atoms with van der Waals surface area (Å²) in [5.74, 6) is 0. The van der Waals surface area contributed by atoms with Gasteiger partial charge in [0.15, 0.2) is 0 Å². The van der Waals surface area contributed by atoms with Gasteiger partial charge in [0, 0.05) is 6.54 Å². The van der Waals surface area contributed by atoms with Gasteiger partial charge < -0.3 is 4.90 Å². The van der Waals surface area contributed by atoms with Crippen molar-refractivity contribution in [1.29, 1.82) is 0 Å². The molecular weight excluding hydrogens is 158 g/mol. The van der Waals surface area contributed by atoms with E-state index >= 15 is 0 Å². The molecule has 78 valence electrons. The molecule has 0 aromatic carbocycles. The van der Waals surface area contributed by atoms with Crippen LogP contribution in [0.1, 0.15) is 47.0 Å². The van der Waals surface area contributed by atoms with Crippen LogP contribution in [-0.2, 0) is 0 Å². The van der Waals surface area contributed by atoms with E-state index in [9.17, 15) is 0 Å². The summed E-state index contributed by atoms with van der Waals surface area (Å²) in [6.07, 6.45) is 6.00. The molecule has 0 aliphatic rings. The molecule has 0 spiro atoms. The van der Waals surface area contributed by atoms with Crippen molar-refractivity contribution in [2.24, 2.45) is 0 Å². The fourth-order valence-corrected chi connectivity index (χ4v) is 1.45. The second-order valence-electron chi connectivity index (χ2n) is 3.73. The molecule has 0 heterocycles. The Bertz CT molecular complexity index is 132. The first-order valence-electron chi connectivity index (χ1n) is 5.58. The highest BCUT2D eigenvalue weighted by atomic mass is 15.1. The molecule has 0 saturated carbocycles. The maximum atomic E-state index is 2.56. The van der Waals surface area contributed by atoms with E-state index in [0.717, 1.165) is 0 Å². The molecular formula is C12H25N. The van der Waals surface area contributed by atoms with Crippen LogP contribution in [0.25, 0.3) is 0 Å². The van der Waals surface area contributed by atoms with Crippen LogP contribution in [0.3, 0.4) is 0 Å². The van der Waals surface area contributed by atoms with Gasteiger partial charge >= 0.3 is 0 Å². The third-order valence-electron chi connectivity index (χ3n) is 2.39. The van der Waals surface area contributed by atoms with Crippen molar-refractivity contribution >= 4 is 0 Å². The SMILES string of the molecule is C/C=C(\C)CCN(CCC)CCC. The summed E-state index contributed by atoms with van der Waals surface area (Å²) in [4.78, 5) is 2.56. The smallest absolute Gasteiger partial charge is 0.00185 e. The third kappa shape index (κ3) is 6.83. The van der Waals surface area contributed by atoms with Gasteiger partial charge in [-0.05, 0) is 46.2 Å². The zero-order chi connectivity index (χ0) is 10.1. The van der Waals surface area contributed by atoms with Crippen LogP contribution in [0.2, 0.25) is 0 Å².